The molecule has 0 nitrogen and oxygen atoms in total. The molecule has 3 aliphatic carbocycles. The number of hydrogen-bond donors (Lipinski definition) is 0. The summed E-state index contributed by atoms with van der Waals surface area (Å²) in [4.78, 5) is 0. The van der Waals surface area contributed by atoms with Gasteiger partial charge in [0, 0.05) is 0 Å². The zero-order valence-electron chi connectivity index (χ0n) is 8.43. The molecule has 1 spiro atoms. The summed E-state index contributed by atoms with van der Waals surface area (Å²) in [7, 11) is 0. The maximum Gasteiger partial charge on any atom is 0.0568 e. The van der Waals surface area contributed by atoms with Gasteiger partial charge in [0.1, 0.15) is 0 Å². The van der Waals surface area contributed by atoms with E-state index in [1.165, 1.54) is 11.1 Å². The fourth-order valence-electron chi connectivity index (χ4n) is 2.32. The quantitative estimate of drug-likeness (QED) is 0.549. The Balaban J connectivity index is 2.27. The van der Waals surface area contributed by atoms with E-state index >= 15 is 0 Å². The van der Waals surface area contributed by atoms with Gasteiger partial charge in [0.2, 0.25) is 0 Å². The van der Waals surface area contributed by atoms with Crippen molar-refractivity contribution >= 4 is 0 Å². The predicted molar refractivity (Wildman–Crippen MR) is 64.3 cm³/mol. The maximum atomic E-state index is 2.26. The van der Waals surface area contributed by atoms with Crippen LogP contribution in [0.1, 0.15) is 0 Å². The van der Waals surface area contributed by atoms with Gasteiger partial charge in [-0.15, -0.1) is 0 Å². The lowest BCUT2D eigenvalue weighted by Gasteiger charge is -2.26. The molecule has 15 heavy (non-hydrogen) atoms. The van der Waals surface area contributed by atoms with E-state index in [-0.39, 0.29) is 5.41 Å². The van der Waals surface area contributed by atoms with Crippen LogP contribution >= 0.6 is 0 Å². The maximum absolute atomic E-state index is 2.26. The van der Waals surface area contributed by atoms with Crippen molar-refractivity contribution in [1.82, 2.24) is 0 Å². The number of hydrogen-bond acceptors (Lipinski definition) is 0. The summed E-state index contributed by atoms with van der Waals surface area (Å²) in [5.74, 6) is 0. The van der Waals surface area contributed by atoms with Crippen molar-refractivity contribution in [3.05, 3.63) is 84.1 Å². The van der Waals surface area contributed by atoms with E-state index in [1.807, 2.05) is 0 Å². The summed E-state index contributed by atoms with van der Waals surface area (Å²) in [5, 5.41) is 0. The van der Waals surface area contributed by atoms with Gasteiger partial charge in [-0.05, 0) is 11.1 Å². The molecule has 0 bridgehead atoms. The molecule has 0 radical (unpaired) electrons. The van der Waals surface area contributed by atoms with Gasteiger partial charge in [-0.25, -0.2) is 0 Å². The summed E-state index contributed by atoms with van der Waals surface area (Å²) in [6.45, 7) is 0. The van der Waals surface area contributed by atoms with Gasteiger partial charge < -0.3 is 0 Å². The van der Waals surface area contributed by atoms with Crippen LogP contribution in [0.25, 0.3) is 0 Å². The van der Waals surface area contributed by atoms with Crippen LogP contribution < -0.4 is 0 Å². The van der Waals surface area contributed by atoms with Crippen LogP contribution in [-0.4, -0.2) is 0 Å². The lowest BCUT2D eigenvalue weighted by atomic mass is 9.76. The SMILES string of the molecule is C1=CC=C2C=CC=CC3=CC=CC23C=C1. The Morgan fingerprint density at radius 1 is 0.600 bits per heavy atom. The van der Waals surface area contributed by atoms with Crippen LogP contribution in [-0.2, 0) is 0 Å². The number of allylic oxidation sites excluding steroid dienone is 14. The van der Waals surface area contributed by atoms with E-state index in [0.717, 1.165) is 0 Å². The zero-order valence-corrected chi connectivity index (χ0v) is 8.43. The molecule has 72 valence electrons. The van der Waals surface area contributed by atoms with Gasteiger partial charge in [-0.2, -0.15) is 0 Å². The highest BCUT2D eigenvalue weighted by atomic mass is 14.4. The van der Waals surface area contributed by atoms with E-state index in [1.54, 1.807) is 0 Å². The van der Waals surface area contributed by atoms with Crippen molar-refractivity contribution in [2.24, 2.45) is 5.41 Å². The van der Waals surface area contributed by atoms with Crippen LogP contribution in [0.3, 0.4) is 0 Å². The Bertz CT molecular complexity index is 490. The molecule has 1 atom stereocenters. The molecule has 0 aromatic carbocycles. The number of rotatable bonds is 0. The first-order valence-corrected chi connectivity index (χ1v) is 5.23. The monoisotopic (exact) mass is 192 g/mol. The highest BCUT2D eigenvalue weighted by Gasteiger charge is 2.33. The molecule has 0 N–H and O–H groups in total. The molecule has 1 unspecified atom stereocenters. The topological polar surface area (TPSA) is 0 Å². The van der Waals surface area contributed by atoms with Crippen molar-refractivity contribution < 1.29 is 0 Å². The average Bonchev–Trinajstić information content (AvgIpc) is 2.44. The fourth-order valence-corrected chi connectivity index (χ4v) is 2.32. The molecule has 0 saturated heterocycles. The second-order valence-corrected chi connectivity index (χ2v) is 3.93. The van der Waals surface area contributed by atoms with Gasteiger partial charge in [0.05, 0.1) is 5.41 Å². The van der Waals surface area contributed by atoms with E-state index in [9.17, 15) is 0 Å². The van der Waals surface area contributed by atoms with Gasteiger partial charge in [0.25, 0.3) is 0 Å². The van der Waals surface area contributed by atoms with Crippen LogP contribution in [0.15, 0.2) is 84.1 Å². The van der Waals surface area contributed by atoms with Crippen LogP contribution in [0.2, 0.25) is 0 Å². The minimum absolute atomic E-state index is 0.0208. The molecular weight excluding hydrogens is 180 g/mol. The molecule has 0 heterocycles. The van der Waals surface area contributed by atoms with Gasteiger partial charge in [0.15, 0.2) is 0 Å². The minimum Gasteiger partial charge on any atom is -0.0658 e. The summed E-state index contributed by atoms with van der Waals surface area (Å²) in [6, 6.07) is 0. The molecule has 0 fully saturated rings. The van der Waals surface area contributed by atoms with Gasteiger partial charge in [-0.3, -0.25) is 0 Å². The third-order valence-corrected chi connectivity index (χ3v) is 3.11. The molecule has 0 aromatic heterocycles. The minimum atomic E-state index is -0.0208. The Hall–Kier alpha value is -1.82. The van der Waals surface area contributed by atoms with E-state index < -0.39 is 0 Å². The predicted octanol–water partition coefficient (Wildman–Crippen LogP) is 3.65. The Morgan fingerprint density at radius 3 is 2.07 bits per heavy atom. The second kappa shape index (κ2) is 3.09. The highest BCUT2D eigenvalue weighted by molar-refractivity contribution is 5.59. The molecule has 3 rings (SSSR count). The van der Waals surface area contributed by atoms with Crippen molar-refractivity contribution in [3.63, 3.8) is 0 Å². The van der Waals surface area contributed by atoms with Crippen molar-refractivity contribution in [1.29, 1.82) is 0 Å². The van der Waals surface area contributed by atoms with Crippen molar-refractivity contribution in [2.45, 2.75) is 0 Å². The first-order chi connectivity index (χ1) is 7.42. The first kappa shape index (κ1) is 8.49. The molecular formula is C15H12. The third-order valence-electron chi connectivity index (χ3n) is 3.11. The van der Waals surface area contributed by atoms with Crippen molar-refractivity contribution in [2.75, 3.05) is 0 Å². The van der Waals surface area contributed by atoms with E-state index in [0.29, 0.717) is 0 Å². The van der Waals surface area contributed by atoms with Crippen molar-refractivity contribution in [3.8, 4) is 0 Å². The summed E-state index contributed by atoms with van der Waals surface area (Å²) in [5.41, 5.74) is 2.66. The normalized spacial score (nSPS) is 30.4. The molecule has 0 heteroatoms. The van der Waals surface area contributed by atoms with E-state index in [2.05, 4.69) is 72.9 Å². The summed E-state index contributed by atoms with van der Waals surface area (Å²) >= 11 is 0. The standard InChI is InChI=1S/C15H12/c1-2-7-13-8-3-4-9-14-10-6-12-15(13,14)11-5-1/h1-12H. The lowest BCUT2D eigenvalue weighted by Crippen LogP contribution is -2.16. The lowest BCUT2D eigenvalue weighted by molar-refractivity contribution is 0.756. The molecule has 0 amide bonds. The second-order valence-electron chi connectivity index (χ2n) is 3.93. The largest absolute Gasteiger partial charge is 0.0658 e. The van der Waals surface area contributed by atoms with Crippen LogP contribution in [0.5, 0.6) is 0 Å². The van der Waals surface area contributed by atoms with Gasteiger partial charge in [-0.1, -0.05) is 72.9 Å². The zero-order chi connectivity index (χ0) is 10.1. The molecule has 3 aliphatic rings. The first-order valence-electron chi connectivity index (χ1n) is 5.23. The Kier molecular flexibility index (Phi) is 1.75. The Labute approximate surface area is 90.0 Å². The van der Waals surface area contributed by atoms with Gasteiger partial charge >= 0.3 is 0 Å². The highest BCUT2D eigenvalue weighted by Crippen LogP contribution is 2.45. The molecule has 0 aromatic rings. The van der Waals surface area contributed by atoms with E-state index in [4.69, 9.17) is 0 Å². The van der Waals surface area contributed by atoms with Crippen LogP contribution in [0, 0.1) is 5.41 Å². The fraction of sp³-hybridized carbons (Fsp3) is 0.0667. The summed E-state index contributed by atoms with van der Waals surface area (Å²) < 4.78 is 0. The smallest absolute Gasteiger partial charge is 0.0568 e. The Morgan fingerprint density at radius 2 is 1.27 bits per heavy atom. The average molecular weight is 192 g/mol. The molecule has 0 saturated carbocycles. The molecule has 0 aliphatic heterocycles. The summed E-state index contributed by atoms with van der Waals surface area (Å²) in [6.07, 6.45) is 25.9. The van der Waals surface area contributed by atoms with Crippen LogP contribution in [0.4, 0.5) is 0 Å². The third kappa shape index (κ3) is 1.15.